The maximum atomic E-state index is 13.1. The van der Waals surface area contributed by atoms with Crippen molar-refractivity contribution >= 4 is 54.9 Å². The van der Waals surface area contributed by atoms with E-state index in [1.807, 2.05) is 36.4 Å². The third kappa shape index (κ3) is 3.07. The Hall–Kier alpha value is -4.23. The molecule has 0 fully saturated rings. The number of fused-ring (bicyclic) bond motifs is 5. The molecule has 1 nitrogen and oxygen atoms in total. The van der Waals surface area contributed by atoms with Crippen molar-refractivity contribution in [1.82, 2.24) is 0 Å². The zero-order valence-corrected chi connectivity index (χ0v) is 17.5. The van der Waals surface area contributed by atoms with Crippen LogP contribution in [0.1, 0.15) is 15.9 Å². The number of allylic oxidation sites excluding steroid dienone is 1. The van der Waals surface area contributed by atoms with Gasteiger partial charge >= 0.3 is 0 Å². The summed E-state index contributed by atoms with van der Waals surface area (Å²) in [7, 11) is 0. The summed E-state index contributed by atoms with van der Waals surface area (Å²) in [5.41, 5.74) is 1.78. The van der Waals surface area contributed by atoms with Gasteiger partial charge in [-0.25, -0.2) is 0 Å². The minimum absolute atomic E-state index is 0.0112. The van der Waals surface area contributed by atoms with Crippen LogP contribution in [0.25, 0.3) is 49.2 Å². The van der Waals surface area contributed by atoms with E-state index in [1.165, 1.54) is 26.9 Å². The van der Waals surface area contributed by atoms with E-state index in [0.717, 1.165) is 21.7 Å². The molecule has 0 spiro atoms. The SMILES string of the molecule is O=C(/C=C\c1c2ccccc2cc2ccccc12)c1ccc2c(ccc3ccccc32)c1. The highest BCUT2D eigenvalue weighted by Gasteiger charge is 2.08. The number of rotatable bonds is 3. The Morgan fingerprint density at radius 3 is 1.75 bits per heavy atom. The van der Waals surface area contributed by atoms with E-state index in [4.69, 9.17) is 0 Å². The van der Waals surface area contributed by atoms with Gasteiger partial charge in [0.1, 0.15) is 0 Å². The molecule has 0 atom stereocenters. The Morgan fingerprint density at radius 2 is 1.03 bits per heavy atom. The molecule has 0 amide bonds. The van der Waals surface area contributed by atoms with Crippen molar-refractivity contribution < 1.29 is 4.79 Å². The third-order valence-corrected chi connectivity index (χ3v) is 6.24. The fourth-order valence-electron chi connectivity index (χ4n) is 4.65. The summed E-state index contributed by atoms with van der Waals surface area (Å²) in [6, 6.07) is 37.4. The third-order valence-electron chi connectivity index (χ3n) is 6.24. The molecule has 6 rings (SSSR count). The van der Waals surface area contributed by atoms with Gasteiger partial charge in [-0.15, -0.1) is 0 Å². The normalized spacial score (nSPS) is 11.8. The summed E-state index contributed by atoms with van der Waals surface area (Å²) in [5, 5.41) is 9.33. The lowest BCUT2D eigenvalue weighted by Crippen LogP contribution is -1.94. The first-order chi connectivity index (χ1) is 15.8. The van der Waals surface area contributed by atoms with Crippen LogP contribution >= 0.6 is 0 Å². The molecule has 0 unspecified atom stereocenters. The summed E-state index contributed by atoms with van der Waals surface area (Å²) >= 11 is 0. The van der Waals surface area contributed by atoms with E-state index in [0.29, 0.717) is 5.56 Å². The lowest BCUT2D eigenvalue weighted by Gasteiger charge is -2.08. The topological polar surface area (TPSA) is 17.1 Å². The Morgan fingerprint density at radius 1 is 0.500 bits per heavy atom. The quantitative estimate of drug-likeness (QED) is 0.125. The van der Waals surface area contributed by atoms with Crippen LogP contribution in [0.15, 0.2) is 115 Å². The molecule has 1 heteroatoms. The highest BCUT2D eigenvalue weighted by atomic mass is 16.1. The van der Waals surface area contributed by atoms with Crippen LogP contribution < -0.4 is 0 Å². The molecule has 0 saturated carbocycles. The van der Waals surface area contributed by atoms with Crippen molar-refractivity contribution in [3.8, 4) is 0 Å². The van der Waals surface area contributed by atoms with Gasteiger partial charge in [0.05, 0.1) is 0 Å². The number of carbonyl (C=O) groups excluding carboxylic acids is 1. The molecule has 6 aromatic rings. The molecule has 0 radical (unpaired) electrons. The maximum Gasteiger partial charge on any atom is 0.185 e. The van der Waals surface area contributed by atoms with E-state index in [2.05, 4.69) is 78.9 Å². The molecule has 0 bridgehead atoms. The summed E-state index contributed by atoms with van der Waals surface area (Å²) in [6.45, 7) is 0. The fourth-order valence-corrected chi connectivity index (χ4v) is 4.65. The van der Waals surface area contributed by atoms with Crippen LogP contribution in [-0.4, -0.2) is 5.78 Å². The lowest BCUT2D eigenvalue weighted by atomic mass is 9.95. The molecular formula is C31H20O. The Balaban J connectivity index is 1.44. The van der Waals surface area contributed by atoms with E-state index in [1.54, 1.807) is 6.08 Å². The van der Waals surface area contributed by atoms with Gasteiger partial charge in [-0.2, -0.15) is 0 Å². The van der Waals surface area contributed by atoms with Gasteiger partial charge in [0.25, 0.3) is 0 Å². The van der Waals surface area contributed by atoms with Crippen molar-refractivity contribution in [2.24, 2.45) is 0 Å². The highest BCUT2D eigenvalue weighted by molar-refractivity contribution is 6.14. The number of ketones is 1. The molecular weight excluding hydrogens is 388 g/mol. The first kappa shape index (κ1) is 18.5. The van der Waals surface area contributed by atoms with E-state index >= 15 is 0 Å². The van der Waals surface area contributed by atoms with Crippen molar-refractivity contribution in [1.29, 1.82) is 0 Å². The zero-order valence-electron chi connectivity index (χ0n) is 17.5. The molecule has 150 valence electrons. The van der Waals surface area contributed by atoms with Gasteiger partial charge in [0.2, 0.25) is 0 Å². The standard InChI is InChI=1S/C31H20O/c32-31(25-15-16-29-24(20-25)14-13-21-7-1-4-10-26(21)29)18-17-30-27-11-5-2-8-22(27)19-23-9-3-6-12-28(23)30/h1-20H/b18-17-. The van der Waals surface area contributed by atoms with Gasteiger partial charge in [-0.1, -0.05) is 97.1 Å². The molecule has 32 heavy (non-hydrogen) atoms. The average Bonchev–Trinajstić information content (AvgIpc) is 2.86. The maximum absolute atomic E-state index is 13.1. The number of hydrogen-bond acceptors (Lipinski definition) is 1. The second-order valence-electron chi connectivity index (χ2n) is 8.15. The average molecular weight is 409 g/mol. The Kier molecular flexibility index (Phi) is 4.33. The van der Waals surface area contributed by atoms with Gasteiger partial charge in [-0.05, 0) is 72.9 Å². The minimum Gasteiger partial charge on any atom is -0.289 e. The summed E-state index contributed by atoms with van der Waals surface area (Å²) in [6.07, 6.45) is 3.67. The molecule has 0 N–H and O–H groups in total. The van der Waals surface area contributed by atoms with Crippen LogP contribution in [-0.2, 0) is 0 Å². The summed E-state index contributed by atoms with van der Waals surface area (Å²) < 4.78 is 0. The smallest absolute Gasteiger partial charge is 0.185 e. The molecule has 0 saturated heterocycles. The van der Waals surface area contributed by atoms with E-state index in [9.17, 15) is 4.79 Å². The first-order valence-electron chi connectivity index (χ1n) is 10.8. The predicted octanol–water partition coefficient (Wildman–Crippen LogP) is 8.20. The highest BCUT2D eigenvalue weighted by Crippen LogP contribution is 2.30. The lowest BCUT2D eigenvalue weighted by molar-refractivity contribution is 0.104. The van der Waals surface area contributed by atoms with Crippen LogP contribution in [0.4, 0.5) is 0 Å². The molecule has 0 aliphatic heterocycles. The Labute approximate surface area is 186 Å². The molecule has 6 aromatic carbocycles. The second-order valence-corrected chi connectivity index (χ2v) is 8.15. The fraction of sp³-hybridized carbons (Fsp3) is 0. The Bertz CT molecular complexity index is 1630. The number of carbonyl (C=O) groups is 1. The van der Waals surface area contributed by atoms with E-state index < -0.39 is 0 Å². The molecule has 0 aromatic heterocycles. The van der Waals surface area contributed by atoms with E-state index in [-0.39, 0.29) is 5.78 Å². The molecule has 0 aliphatic rings. The van der Waals surface area contributed by atoms with Gasteiger partial charge in [0.15, 0.2) is 5.78 Å². The van der Waals surface area contributed by atoms with Gasteiger partial charge < -0.3 is 0 Å². The summed E-state index contributed by atoms with van der Waals surface area (Å²) in [4.78, 5) is 13.1. The largest absolute Gasteiger partial charge is 0.289 e. The molecule has 0 heterocycles. The van der Waals surface area contributed by atoms with Crippen LogP contribution in [0.3, 0.4) is 0 Å². The number of benzene rings is 6. The van der Waals surface area contributed by atoms with Crippen molar-refractivity contribution in [3.05, 3.63) is 126 Å². The van der Waals surface area contributed by atoms with Crippen LogP contribution in [0.2, 0.25) is 0 Å². The van der Waals surface area contributed by atoms with Gasteiger partial charge in [0, 0.05) is 5.56 Å². The van der Waals surface area contributed by atoms with Crippen molar-refractivity contribution in [2.75, 3.05) is 0 Å². The van der Waals surface area contributed by atoms with Crippen LogP contribution in [0, 0.1) is 0 Å². The molecule has 0 aliphatic carbocycles. The predicted molar refractivity (Wildman–Crippen MR) is 136 cm³/mol. The van der Waals surface area contributed by atoms with Crippen LogP contribution in [0.5, 0.6) is 0 Å². The van der Waals surface area contributed by atoms with Gasteiger partial charge in [-0.3, -0.25) is 4.79 Å². The summed E-state index contributed by atoms with van der Waals surface area (Å²) in [5.74, 6) is 0.0112. The first-order valence-corrected chi connectivity index (χ1v) is 10.8. The van der Waals surface area contributed by atoms with Crippen molar-refractivity contribution in [2.45, 2.75) is 0 Å². The zero-order chi connectivity index (χ0) is 21.5. The number of hydrogen-bond donors (Lipinski definition) is 0. The monoisotopic (exact) mass is 408 g/mol. The second kappa shape index (κ2) is 7.47. The minimum atomic E-state index is 0.0112. The van der Waals surface area contributed by atoms with Crippen molar-refractivity contribution in [3.63, 3.8) is 0 Å².